The molecule has 0 aliphatic heterocycles. The average Bonchev–Trinajstić information content (AvgIpc) is 2.29. The second-order valence-corrected chi connectivity index (χ2v) is 4.29. The summed E-state index contributed by atoms with van der Waals surface area (Å²) in [5.74, 6) is -0.160. The van der Waals surface area contributed by atoms with Crippen molar-refractivity contribution in [3.05, 3.63) is 63.6 Å². The van der Waals surface area contributed by atoms with Crippen LogP contribution in [0.25, 0.3) is 0 Å². The molecule has 86 valence electrons. The molecular formula is C13H8Cl2O2. The van der Waals surface area contributed by atoms with Crippen LogP contribution in [0.2, 0.25) is 10.0 Å². The van der Waals surface area contributed by atoms with Crippen LogP contribution in [-0.2, 0) is 0 Å². The van der Waals surface area contributed by atoms with Crippen LogP contribution in [0.5, 0.6) is 5.75 Å². The fourth-order valence-corrected chi connectivity index (χ4v) is 2.04. The van der Waals surface area contributed by atoms with E-state index in [2.05, 4.69) is 0 Å². The molecule has 17 heavy (non-hydrogen) atoms. The molecule has 0 spiro atoms. The van der Waals surface area contributed by atoms with E-state index in [1.165, 1.54) is 24.3 Å². The Labute approximate surface area is 108 Å². The Balaban J connectivity index is 2.47. The molecule has 0 saturated carbocycles. The number of phenolic OH excluding ortho intramolecular Hbond substituents is 1. The van der Waals surface area contributed by atoms with Crippen molar-refractivity contribution in [2.75, 3.05) is 0 Å². The normalized spacial score (nSPS) is 10.2. The van der Waals surface area contributed by atoms with Gasteiger partial charge >= 0.3 is 0 Å². The van der Waals surface area contributed by atoms with E-state index in [0.717, 1.165) is 0 Å². The Morgan fingerprint density at radius 3 is 2.00 bits per heavy atom. The van der Waals surface area contributed by atoms with Gasteiger partial charge in [0.05, 0.1) is 15.6 Å². The highest BCUT2D eigenvalue weighted by molar-refractivity contribution is 6.41. The van der Waals surface area contributed by atoms with E-state index in [9.17, 15) is 4.79 Å². The summed E-state index contributed by atoms with van der Waals surface area (Å²) < 4.78 is 0. The molecule has 0 aliphatic carbocycles. The van der Waals surface area contributed by atoms with Crippen LogP contribution in [0.15, 0.2) is 42.5 Å². The Morgan fingerprint density at radius 1 is 0.941 bits per heavy atom. The van der Waals surface area contributed by atoms with E-state index in [4.69, 9.17) is 28.3 Å². The van der Waals surface area contributed by atoms with Crippen LogP contribution in [-0.4, -0.2) is 10.9 Å². The SMILES string of the molecule is O=C(c1ccc(O)cc1)c1c(Cl)cccc1Cl. The van der Waals surface area contributed by atoms with Crippen molar-refractivity contribution in [1.82, 2.24) is 0 Å². The van der Waals surface area contributed by atoms with Gasteiger partial charge in [-0.25, -0.2) is 0 Å². The monoisotopic (exact) mass is 266 g/mol. The molecule has 2 aromatic rings. The van der Waals surface area contributed by atoms with Gasteiger partial charge in [-0.1, -0.05) is 29.3 Å². The minimum atomic E-state index is -0.263. The molecule has 0 saturated heterocycles. The summed E-state index contributed by atoms with van der Waals surface area (Å²) in [7, 11) is 0. The number of ketones is 1. The van der Waals surface area contributed by atoms with Crippen molar-refractivity contribution in [2.45, 2.75) is 0 Å². The second kappa shape index (κ2) is 4.78. The van der Waals surface area contributed by atoms with Crippen LogP contribution in [0.3, 0.4) is 0 Å². The summed E-state index contributed by atoms with van der Waals surface area (Å²) in [4.78, 5) is 12.1. The predicted molar refractivity (Wildman–Crippen MR) is 68.0 cm³/mol. The number of carbonyl (C=O) groups excluding carboxylic acids is 1. The first kappa shape index (κ1) is 12.0. The fourth-order valence-electron chi connectivity index (χ4n) is 1.47. The molecule has 2 rings (SSSR count). The van der Waals surface area contributed by atoms with Gasteiger partial charge < -0.3 is 5.11 Å². The van der Waals surface area contributed by atoms with Crippen LogP contribution < -0.4 is 0 Å². The summed E-state index contributed by atoms with van der Waals surface area (Å²) >= 11 is 11.9. The van der Waals surface area contributed by atoms with Crippen LogP contribution in [0.1, 0.15) is 15.9 Å². The van der Waals surface area contributed by atoms with E-state index in [0.29, 0.717) is 15.6 Å². The quantitative estimate of drug-likeness (QED) is 0.837. The van der Waals surface area contributed by atoms with Gasteiger partial charge in [0, 0.05) is 5.56 Å². The third kappa shape index (κ3) is 2.43. The summed E-state index contributed by atoms with van der Waals surface area (Å²) in [5, 5.41) is 9.79. The molecule has 0 aromatic heterocycles. The molecular weight excluding hydrogens is 259 g/mol. The third-order valence-electron chi connectivity index (χ3n) is 2.32. The molecule has 1 N–H and O–H groups in total. The maximum absolute atomic E-state index is 12.1. The average molecular weight is 267 g/mol. The highest BCUT2D eigenvalue weighted by atomic mass is 35.5. The molecule has 4 heteroatoms. The van der Waals surface area contributed by atoms with Gasteiger partial charge in [-0.3, -0.25) is 4.79 Å². The molecule has 0 fully saturated rings. The number of carbonyl (C=O) groups is 1. The minimum absolute atomic E-state index is 0.104. The van der Waals surface area contributed by atoms with Crippen LogP contribution in [0.4, 0.5) is 0 Å². The lowest BCUT2D eigenvalue weighted by atomic mass is 10.0. The van der Waals surface area contributed by atoms with Crippen LogP contribution in [0, 0.1) is 0 Å². The summed E-state index contributed by atoms with van der Waals surface area (Å²) in [6.45, 7) is 0. The highest BCUT2D eigenvalue weighted by Crippen LogP contribution is 2.27. The molecule has 0 aliphatic rings. The predicted octanol–water partition coefficient (Wildman–Crippen LogP) is 3.93. The molecule has 2 aromatic carbocycles. The van der Waals surface area contributed by atoms with Gasteiger partial charge in [0.1, 0.15) is 5.75 Å². The molecule has 0 heterocycles. The Hall–Kier alpha value is -1.51. The van der Waals surface area contributed by atoms with Gasteiger partial charge in [0.15, 0.2) is 5.78 Å². The zero-order valence-electron chi connectivity index (χ0n) is 8.65. The van der Waals surface area contributed by atoms with E-state index in [1.54, 1.807) is 18.2 Å². The van der Waals surface area contributed by atoms with E-state index in [-0.39, 0.29) is 17.1 Å². The maximum atomic E-state index is 12.1. The van der Waals surface area contributed by atoms with Gasteiger partial charge in [-0.15, -0.1) is 0 Å². The first-order valence-corrected chi connectivity index (χ1v) is 5.63. The number of hydrogen-bond donors (Lipinski definition) is 1. The zero-order valence-corrected chi connectivity index (χ0v) is 10.2. The Kier molecular flexibility index (Phi) is 3.36. The number of aromatic hydroxyl groups is 1. The molecule has 0 atom stereocenters. The van der Waals surface area contributed by atoms with Crippen molar-refractivity contribution < 1.29 is 9.90 Å². The molecule has 0 amide bonds. The lowest BCUT2D eigenvalue weighted by molar-refractivity contribution is 0.103. The smallest absolute Gasteiger partial charge is 0.196 e. The fraction of sp³-hybridized carbons (Fsp3) is 0. The Morgan fingerprint density at radius 2 is 1.47 bits per heavy atom. The zero-order chi connectivity index (χ0) is 12.4. The van der Waals surface area contributed by atoms with Crippen molar-refractivity contribution in [1.29, 1.82) is 0 Å². The van der Waals surface area contributed by atoms with Gasteiger partial charge in [-0.05, 0) is 36.4 Å². The summed E-state index contributed by atoms with van der Waals surface area (Å²) in [5.41, 5.74) is 0.708. The largest absolute Gasteiger partial charge is 0.508 e. The third-order valence-corrected chi connectivity index (χ3v) is 2.95. The first-order valence-electron chi connectivity index (χ1n) is 4.87. The van der Waals surface area contributed by atoms with Crippen molar-refractivity contribution in [3.8, 4) is 5.75 Å². The second-order valence-electron chi connectivity index (χ2n) is 3.47. The van der Waals surface area contributed by atoms with E-state index in [1.807, 2.05) is 0 Å². The number of hydrogen-bond acceptors (Lipinski definition) is 2. The standard InChI is InChI=1S/C13H8Cl2O2/c14-10-2-1-3-11(15)12(10)13(17)8-4-6-9(16)7-5-8/h1-7,16H. The lowest BCUT2D eigenvalue weighted by Gasteiger charge is -2.05. The van der Waals surface area contributed by atoms with Gasteiger partial charge in [0.2, 0.25) is 0 Å². The highest BCUT2D eigenvalue weighted by Gasteiger charge is 2.16. The van der Waals surface area contributed by atoms with Gasteiger partial charge in [-0.2, -0.15) is 0 Å². The van der Waals surface area contributed by atoms with Crippen molar-refractivity contribution in [3.63, 3.8) is 0 Å². The molecule has 2 nitrogen and oxygen atoms in total. The van der Waals surface area contributed by atoms with Crippen molar-refractivity contribution in [2.24, 2.45) is 0 Å². The summed E-state index contributed by atoms with van der Waals surface area (Å²) in [6.07, 6.45) is 0. The molecule has 0 radical (unpaired) electrons. The first-order chi connectivity index (χ1) is 8.09. The lowest BCUT2D eigenvalue weighted by Crippen LogP contribution is -2.02. The van der Waals surface area contributed by atoms with Crippen LogP contribution >= 0.6 is 23.2 Å². The number of halogens is 2. The van der Waals surface area contributed by atoms with E-state index >= 15 is 0 Å². The Bertz CT molecular complexity index is 542. The number of phenols is 1. The maximum Gasteiger partial charge on any atom is 0.196 e. The number of benzene rings is 2. The minimum Gasteiger partial charge on any atom is -0.508 e. The van der Waals surface area contributed by atoms with Gasteiger partial charge in [0.25, 0.3) is 0 Å². The van der Waals surface area contributed by atoms with E-state index < -0.39 is 0 Å². The topological polar surface area (TPSA) is 37.3 Å². The van der Waals surface area contributed by atoms with Crippen molar-refractivity contribution >= 4 is 29.0 Å². The molecule has 0 bridgehead atoms. The summed E-state index contributed by atoms with van der Waals surface area (Å²) in [6, 6.07) is 10.8. The number of rotatable bonds is 2. The molecule has 0 unspecified atom stereocenters.